The highest BCUT2D eigenvalue weighted by Crippen LogP contribution is 2.36. The van der Waals surface area contributed by atoms with E-state index in [1.807, 2.05) is 0 Å². The first-order valence-corrected chi connectivity index (χ1v) is 6.75. The number of Topliss-reactive ketones (excluding diaryl/α,β-unsaturated/α-hetero) is 1. The Kier molecular flexibility index (Phi) is 3.82. The summed E-state index contributed by atoms with van der Waals surface area (Å²) >= 11 is 3.19. The van der Waals surface area contributed by atoms with Crippen molar-refractivity contribution in [1.82, 2.24) is 0 Å². The lowest BCUT2D eigenvalue weighted by molar-refractivity contribution is -0.128. The van der Waals surface area contributed by atoms with E-state index < -0.39 is 5.41 Å². The Labute approximate surface area is 114 Å². The van der Waals surface area contributed by atoms with Gasteiger partial charge in [-0.1, -0.05) is 28.4 Å². The topological polar surface area (TPSA) is 40.9 Å². The second-order valence-corrected chi connectivity index (χ2v) is 5.65. The van der Waals surface area contributed by atoms with Crippen molar-refractivity contribution in [2.45, 2.75) is 32.1 Å². The van der Waals surface area contributed by atoms with Crippen LogP contribution in [0.4, 0.5) is 4.39 Å². The van der Waals surface area contributed by atoms with Gasteiger partial charge in [-0.15, -0.1) is 0 Å². The maximum absolute atomic E-state index is 13.8. The molecule has 0 heterocycles. The van der Waals surface area contributed by atoms with Gasteiger partial charge in [-0.2, -0.15) is 5.26 Å². The molecule has 2 rings (SSSR count). The molecular weight excluding hydrogens is 297 g/mol. The normalized spacial score (nSPS) is 23.7. The highest BCUT2D eigenvalue weighted by atomic mass is 79.9. The summed E-state index contributed by atoms with van der Waals surface area (Å²) in [5.41, 5.74) is -0.581. The zero-order chi connectivity index (χ0) is 13.2. The van der Waals surface area contributed by atoms with Crippen LogP contribution in [-0.4, -0.2) is 5.78 Å². The van der Waals surface area contributed by atoms with Gasteiger partial charge in [0.25, 0.3) is 0 Å². The number of halogens is 2. The molecule has 0 spiro atoms. The number of hydrogen-bond donors (Lipinski definition) is 0. The molecule has 0 saturated heterocycles. The molecule has 2 nitrogen and oxygen atoms in total. The minimum Gasteiger partial charge on any atom is -0.298 e. The van der Waals surface area contributed by atoms with Crippen LogP contribution in [0.2, 0.25) is 0 Å². The highest BCUT2D eigenvalue weighted by molar-refractivity contribution is 9.10. The summed E-state index contributed by atoms with van der Waals surface area (Å²) in [6, 6.07) is 6.87. The molecule has 18 heavy (non-hydrogen) atoms. The first kappa shape index (κ1) is 13.2. The van der Waals surface area contributed by atoms with E-state index in [4.69, 9.17) is 0 Å². The number of nitrogens with zero attached hydrogens (tertiary/aromatic N) is 1. The van der Waals surface area contributed by atoms with Crippen molar-refractivity contribution in [3.05, 3.63) is 34.1 Å². The van der Waals surface area contributed by atoms with Gasteiger partial charge in [-0.3, -0.25) is 4.79 Å². The van der Waals surface area contributed by atoms with E-state index in [0.717, 1.165) is 12.8 Å². The first-order valence-electron chi connectivity index (χ1n) is 5.96. The molecule has 94 valence electrons. The average molecular weight is 310 g/mol. The minimum atomic E-state index is -1.02. The summed E-state index contributed by atoms with van der Waals surface area (Å²) < 4.78 is 14.4. The lowest BCUT2D eigenvalue weighted by Gasteiger charge is -2.29. The van der Waals surface area contributed by atoms with Crippen molar-refractivity contribution in [2.24, 2.45) is 5.41 Å². The Bertz CT molecular complexity index is 523. The third kappa shape index (κ3) is 2.46. The van der Waals surface area contributed by atoms with Gasteiger partial charge in [0.2, 0.25) is 0 Å². The number of nitriles is 1. The van der Waals surface area contributed by atoms with Crippen LogP contribution in [-0.2, 0) is 11.2 Å². The molecule has 1 saturated carbocycles. The number of ketones is 1. The van der Waals surface area contributed by atoms with Gasteiger partial charge in [0.05, 0.1) is 6.07 Å². The summed E-state index contributed by atoms with van der Waals surface area (Å²) in [6.45, 7) is 0. The average Bonchev–Trinajstić information content (AvgIpc) is 2.35. The van der Waals surface area contributed by atoms with Crippen LogP contribution in [0.1, 0.15) is 31.2 Å². The first-order chi connectivity index (χ1) is 8.57. The smallest absolute Gasteiger partial charge is 0.153 e. The van der Waals surface area contributed by atoms with Crippen LogP contribution in [0, 0.1) is 22.6 Å². The number of carbonyl (C=O) groups is 1. The van der Waals surface area contributed by atoms with Gasteiger partial charge in [-0.25, -0.2) is 4.39 Å². The third-order valence-electron chi connectivity index (χ3n) is 3.51. The van der Waals surface area contributed by atoms with Gasteiger partial charge in [-0.05, 0) is 30.5 Å². The van der Waals surface area contributed by atoms with Crippen LogP contribution in [0.15, 0.2) is 22.7 Å². The van der Waals surface area contributed by atoms with Gasteiger partial charge in [0.15, 0.2) is 5.78 Å². The third-order valence-corrected chi connectivity index (χ3v) is 4.01. The molecule has 1 unspecified atom stereocenters. The molecule has 0 amide bonds. The fourth-order valence-corrected chi connectivity index (χ4v) is 2.76. The fraction of sp³-hybridized carbons (Fsp3) is 0.429. The molecule has 0 aromatic heterocycles. The zero-order valence-corrected chi connectivity index (χ0v) is 11.5. The predicted octanol–water partition coefficient (Wildman–Crippen LogP) is 3.78. The molecular formula is C14H13BrFNO. The van der Waals surface area contributed by atoms with Gasteiger partial charge in [0.1, 0.15) is 11.2 Å². The van der Waals surface area contributed by atoms with Crippen LogP contribution in [0.5, 0.6) is 0 Å². The maximum Gasteiger partial charge on any atom is 0.153 e. The van der Waals surface area contributed by atoms with Crippen LogP contribution >= 0.6 is 15.9 Å². The van der Waals surface area contributed by atoms with Gasteiger partial charge in [0, 0.05) is 17.3 Å². The summed E-state index contributed by atoms with van der Waals surface area (Å²) in [5, 5.41) is 9.32. The molecule has 1 aliphatic rings. The molecule has 0 radical (unpaired) electrons. The molecule has 0 bridgehead atoms. The maximum atomic E-state index is 13.8. The molecule has 0 N–H and O–H groups in total. The van der Waals surface area contributed by atoms with Crippen LogP contribution in [0.3, 0.4) is 0 Å². The highest BCUT2D eigenvalue weighted by Gasteiger charge is 2.40. The summed E-state index contributed by atoms with van der Waals surface area (Å²) in [4.78, 5) is 12.0. The van der Waals surface area contributed by atoms with Gasteiger partial charge < -0.3 is 0 Å². The standard InChI is InChI=1S/C14H13BrFNO/c15-11-5-4-10(12(16)7-11)8-14(9-17)6-2-1-3-13(14)18/h4-5,7H,1-3,6,8H2. The van der Waals surface area contributed by atoms with E-state index in [0.29, 0.717) is 22.9 Å². The van der Waals surface area contributed by atoms with E-state index in [1.54, 1.807) is 12.1 Å². The summed E-state index contributed by atoms with van der Waals surface area (Å²) in [6.07, 6.45) is 2.85. The number of benzene rings is 1. The van der Waals surface area contributed by atoms with Crippen molar-refractivity contribution in [1.29, 1.82) is 5.26 Å². The van der Waals surface area contributed by atoms with Crippen molar-refractivity contribution < 1.29 is 9.18 Å². The molecule has 1 aromatic rings. The minimum absolute atomic E-state index is 0.0430. The monoisotopic (exact) mass is 309 g/mol. The number of hydrogen-bond acceptors (Lipinski definition) is 2. The van der Waals surface area contributed by atoms with Crippen molar-refractivity contribution in [3.63, 3.8) is 0 Å². The van der Waals surface area contributed by atoms with Crippen LogP contribution < -0.4 is 0 Å². The molecule has 0 aliphatic heterocycles. The van der Waals surface area contributed by atoms with Crippen molar-refractivity contribution >= 4 is 21.7 Å². The lowest BCUT2D eigenvalue weighted by atomic mass is 9.70. The van der Waals surface area contributed by atoms with E-state index in [-0.39, 0.29) is 18.0 Å². The Morgan fingerprint density at radius 1 is 1.44 bits per heavy atom. The van der Waals surface area contributed by atoms with Crippen molar-refractivity contribution in [2.75, 3.05) is 0 Å². The van der Waals surface area contributed by atoms with Crippen molar-refractivity contribution in [3.8, 4) is 6.07 Å². The molecule has 1 fully saturated rings. The van der Waals surface area contributed by atoms with E-state index in [2.05, 4.69) is 22.0 Å². The van der Waals surface area contributed by atoms with Crippen LogP contribution in [0.25, 0.3) is 0 Å². The Balaban J connectivity index is 2.30. The Hall–Kier alpha value is -1.21. The van der Waals surface area contributed by atoms with E-state index in [9.17, 15) is 14.4 Å². The molecule has 4 heteroatoms. The van der Waals surface area contributed by atoms with E-state index >= 15 is 0 Å². The zero-order valence-electron chi connectivity index (χ0n) is 9.88. The fourth-order valence-electron chi connectivity index (χ4n) is 2.43. The lowest BCUT2D eigenvalue weighted by Crippen LogP contribution is -2.35. The second-order valence-electron chi connectivity index (χ2n) is 4.74. The Morgan fingerprint density at radius 3 is 2.83 bits per heavy atom. The van der Waals surface area contributed by atoms with E-state index in [1.165, 1.54) is 6.07 Å². The molecule has 1 aliphatic carbocycles. The number of carbonyl (C=O) groups excluding carboxylic acids is 1. The molecule has 1 aromatic carbocycles. The number of rotatable bonds is 2. The Morgan fingerprint density at radius 2 is 2.22 bits per heavy atom. The van der Waals surface area contributed by atoms with Gasteiger partial charge >= 0.3 is 0 Å². The second kappa shape index (κ2) is 5.19. The quantitative estimate of drug-likeness (QED) is 0.834. The summed E-state index contributed by atoms with van der Waals surface area (Å²) in [7, 11) is 0. The largest absolute Gasteiger partial charge is 0.298 e. The predicted molar refractivity (Wildman–Crippen MR) is 69.3 cm³/mol. The SMILES string of the molecule is N#CC1(Cc2ccc(Br)cc2F)CCCCC1=O. The molecule has 1 atom stereocenters. The summed E-state index contributed by atoms with van der Waals surface area (Å²) in [5.74, 6) is -0.407.